The number of carbonyl (C=O) groups is 2. The Morgan fingerprint density at radius 1 is 0.957 bits per heavy atom. The second-order valence-electron chi connectivity index (χ2n) is 13.2. The average molecular weight is 637 g/mol. The number of anilines is 2. The van der Waals surface area contributed by atoms with Gasteiger partial charge in [0.1, 0.15) is 5.82 Å². The van der Waals surface area contributed by atoms with Crippen LogP contribution < -0.4 is 10.2 Å². The summed E-state index contributed by atoms with van der Waals surface area (Å²) in [4.78, 5) is 27.5. The molecule has 0 unspecified atom stereocenters. The normalized spacial score (nSPS) is 14.0. The predicted molar refractivity (Wildman–Crippen MR) is 182 cm³/mol. The third-order valence-electron chi connectivity index (χ3n) is 8.86. The molecule has 1 aliphatic rings. The van der Waals surface area contributed by atoms with Crippen LogP contribution in [-0.2, 0) is 28.0 Å². The molecule has 0 radical (unpaired) electrons. The second kappa shape index (κ2) is 13.4. The number of nitrogens with zero attached hydrogens (tertiary/aromatic N) is 5. The van der Waals surface area contributed by atoms with Gasteiger partial charge in [-0.2, -0.15) is 10.2 Å². The SMILES string of the molecule is COC(=O)CCc1ccc(N2CCC(Cn3ncc4ccc(NC(=O)c5cnn(C(C)(C)C)c5-c5ccc(F)cc5)cc43)CC2)cc1. The standard InChI is InChI=1S/C37H41FN6O3/c1-37(2,3)44-35(27-8-11-29(38)12-9-27)32(23-40-44)36(46)41-30-13-10-28-22-39-43(33(28)21-30)24-26-17-19-42(20-18-26)31-14-5-25(6-15-31)7-16-34(45)47-4/h5-6,8-15,21-23,26H,7,16-20,24H2,1-4H3,(H,41,46). The number of benzene rings is 3. The summed E-state index contributed by atoms with van der Waals surface area (Å²) < 4.78 is 22.3. The summed E-state index contributed by atoms with van der Waals surface area (Å²) in [5.41, 5.74) is 5.36. The Hall–Kier alpha value is -4.99. The van der Waals surface area contributed by atoms with Crippen LogP contribution in [0.2, 0.25) is 0 Å². The van der Waals surface area contributed by atoms with Crippen LogP contribution in [0.15, 0.2) is 79.1 Å². The van der Waals surface area contributed by atoms with Crippen LogP contribution in [0, 0.1) is 11.7 Å². The number of aryl methyl sites for hydroxylation is 1. The van der Waals surface area contributed by atoms with E-state index in [4.69, 9.17) is 9.84 Å². The molecule has 0 bridgehead atoms. The molecule has 244 valence electrons. The minimum absolute atomic E-state index is 0.191. The molecule has 6 rings (SSSR count). The Labute approximate surface area is 274 Å². The lowest BCUT2D eigenvalue weighted by atomic mass is 9.96. The van der Waals surface area contributed by atoms with Crippen molar-refractivity contribution in [1.29, 1.82) is 0 Å². The van der Waals surface area contributed by atoms with Gasteiger partial charge in [0.05, 0.1) is 41.8 Å². The Morgan fingerprint density at radius 3 is 2.36 bits per heavy atom. The summed E-state index contributed by atoms with van der Waals surface area (Å²) in [7, 11) is 1.42. The number of amides is 1. The first-order chi connectivity index (χ1) is 22.6. The zero-order valence-corrected chi connectivity index (χ0v) is 27.4. The quantitative estimate of drug-likeness (QED) is 0.174. The van der Waals surface area contributed by atoms with Gasteiger partial charge in [-0.25, -0.2) is 4.39 Å². The Morgan fingerprint density at radius 2 is 1.68 bits per heavy atom. The number of hydrogen-bond acceptors (Lipinski definition) is 6. The molecule has 47 heavy (non-hydrogen) atoms. The molecule has 2 aromatic heterocycles. The van der Waals surface area contributed by atoms with Gasteiger partial charge >= 0.3 is 5.97 Å². The van der Waals surface area contributed by atoms with E-state index in [1.807, 2.05) is 49.8 Å². The van der Waals surface area contributed by atoms with Crippen molar-refractivity contribution in [1.82, 2.24) is 19.6 Å². The van der Waals surface area contributed by atoms with Crippen molar-refractivity contribution in [3.63, 3.8) is 0 Å². The highest BCUT2D eigenvalue weighted by atomic mass is 19.1. The van der Waals surface area contributed by atoms with E-state index in [1.165, 1.54) is 24.9 Å². The minimum atomic E-state index is -0.388. The summed E-state index contributed by atoms with van der Waals surface area (Å²) in [6.07, 6.45) is 6.61. The van der Waals surface area contributed by atoms with Crippen LogP contribution in [0.25, 0.3) is 22.2 Å². The molecule has 1 N–H and O–H groups in total. The molecule has 9 nitrogen and oxygen atoms in total. The van der Waals surface area contributed by atoms with Gasteiger partial charge in [0.25, 0.3) is 5.91 Å². The highest BCUT2D eigenvalue weighted by Gasteiger charge is 2.26. The summed E-state index contributed by atoms with van der Waals surface area (Å²) in [6.45, 7) is 8.77. The van der Waals surface area contributed by atoms with Gasteiger partial charge in [-0.15, -0.1) is 0 Å². The van der Waals surface area contributed by atoms with E-state index in [0.717, 1.165) is 54.5 Å². The van der Waals surface area contributed by atoms with Crippen molar-refractivity contribution in [3.05, 3.63) is 96.1 Å². The fraction of sp³-hybridized carbons (Fsp3) is 0.351. The molecule has 0 spiro atoms. The number of esters is 1. The van der Waals surface area contributed by atoms with Crippen LogP contribution in [0.3, 0.4) is 0 Å². The summed E-state index contributed by atoms with van der Waals surface area (Å²) in [5, 5.41) is 13.3. The molecule has 3 heterocycles. The van der Waals surface area contributed by atoms with E-state index in [9.17, 15) is 14.0 Å². The topological polar surface area (TPSA) is 94.3 Å². The first-order valence-electron chi connectivity index (χ1n) is 16.1. The maximum atomic E-state index is 13.7. The zero-order chi connectivity index (χ0) is 33.1. The predicted octanol–water partition coefficient (Wildman–Crippen LogP) is 7.07. The molecule has 0 saturated carbocycles. The number of nitrogens with one attached hydrogen (secondary N) is 1. The highest BCUT2D eigenvalue weighted by Crippen LogP contribution is 2.31. The van der Waals surface area contributed by atoms with Crippen LogP contribution in [0.5, 0.6) is 0 Å². The fourth-order valence-electron chi connectivity index (χ4n) is 6.24. The first kappa shape index (κ1) is 32.0. The lowest BCUT2D eigenvalue weighted by Gasteiger charge is -2.33. The Kier molecular flexibility index (Phi) is 9.11. The van der Waals surface area contributed by atoms with E-state index in [1.54, 1.807) is 23.0 Å². The molecule has 1 saturated heterocycles. The summed E-state index contributed by atoms with van der Waals surface area (Å²) >= 11 is 0. The number of rotatable bonds is 9. The summed E-state index contributed by atoms with van der Waals surface area (Å²) in [6, 6.07) is 20.4. The first-order valence-corrected chi connectivity index (χ1v) is 16.1. The number of methoxy groups -OCH3 is 1. The monoisotopic (exact) mass is 636 g/mol. The lowest BCUT2D eigenvalue weighted by Crippen LogP contribution is -2.35. The number of piperidine rings is 1. The van der Waals surface area contributed by atoms with Gasteiger partial charge in [0.15, 0.2) is 0 Å². The van der Waals surface area contributed by atoms with Crippen molar-refractivity contribution in [2.24, 2.45) is 5.92 Å². The van der Waals surface area contributed by atoms with E-state index in [2.05, 4.69) is 39.6 Å². The zero-order valence-electron chi connectivity index (χ0n) is 27.4. The number of fused-ring (bicyclic) bond motifs is 1. The number of carbonyl (C=O) groups excluding carboxylic acids is 2. The third kappa shape index (κ3) is 7.21. The van der Waals surface area contributed by atoms with Crippen molar-refractivity contribution in [3.8, 4) is 11.3 Å². The average Bonchev–Trinajstić information content (AvgIpc) is 3.70. The van der Waals surface area contributed by atoms with Gasteiger partial charge in [0.2, 0.25) is 0 Å². The van der Waals surface area contributed by atoms with Gasteiger partial charge in [0, 0.05) is 48.4 Å². The largest absolute Gasteiger partial charge is 0.469 e. The molecular formula is C37H41FN6O3. The van der Waals surface area contributed by atoms with E-state index in [-0.39, 0.29) is 23.2 Å². The van der Waals surface area contributed by atoms with Gasteiger partial charge < -0.3 is 15.0 Å². The van der Waals surface area contributed by atoms with Crippen LogP contribution in [-0.4, -0.2) is 51.6 Å². The molecule has 5 aromatic rings. The number of halogens is 1. The Balaban J connectivity index is 1.12. The van der Waals surface area contributed by atoms with Crippen LogP contribution >= 0.6 is 0 Å². The molecule has 0 atom stereocenters. The lowest BCUT2D eigenvalue weighted by molar-refractivity contribution is -0.140. The van der Waals surface area contributed by atoms with Crippen molar-refractivity contribution in [2.75, 3.05) is 30.4 Å². The molecular weight excluding hydrogens is 595 g/mol. The van der Waals surface area contributed by atoms with Crippen LogP contribution in [0.1, 0.15) is 56.0 Å². The molecule has 1 amide bonds. The number of aromatic nitrogens is 4. The molecule has 1 aliphatic heterocycles. The fourth-order valence-corrected chi connectivity index (χ4v) is 6.24. The van der Waals surface area contributed by atoms with E-state index < -0.39 is 0 Å². The molecule has 0 aliphatic carbocycles. The molecule has 10 heteroatoms. The molecule has 1 fully saturated rings. The number of hydrogen-bond donors (Lipinski definition) is 1. The summed E-state index contributed by atoms with van der Waals surface area (Å²) in [5.74, 6) is -0.331. The number of ether oxygens (including phenoxy) is 1. The van der Waals surface area contributed by atoms with E-state index in [0.29, 0.717) is 35.7 Å². The highest BCUT2D eigenvalue weighted by molar-refractivity contribution is 6.08. The molecule has 3 aromatic carbocycles. The van der Waals surface area contributed by atoms with Crippen molar-refractivity contribution < 1.29 is 18.7 Å². The van der Waals surface area contributed by atoms with Crippen molar-refractivity contribution in [2.45, 2.75) is 58.5 Å². The maximum absolute atomic E-state index is 13.7. The second-order valence-corrected chi connectivity index (χ2v) is 13.2. The minimum Gasteiger partial charge on any atom is -0.469 e. The van der Waals surface area contributed by atoms with E-state index >= 15 is 0 Å². The smallest absolute Gasteiger partial charge is 0.305 e. The maximum Gasteiger partial charge on any atom is 0.305 e. The van der Waals surface area contributed by atoms with Gasteiger partial charge in [-0.1, -0.05) is 12.1 Å². The van der Waals surface area contributed by atoms with Gasteiger partial charge in [-0.05, 0) is 106 Å². The van der Waals surface area contributed by atoms with Gasteiger partial charge in [-0.3, -0.25) is 19.0 Å². The Bertz CT molecular complexity index is 1860. The van der Waals surface area contributed by atoms with Crippen molar-refractivity contribution >= 4 is 34.2 Å². The third-order valence-corrected chi connectivity index (χ3v) is 8.86. The van der Waals surface area contributed by atoms with Crippen LogP contribution in [0.4, 0.5) is 15.8 Å².